The van der Waals surface area contributed by atoms with Gasteiger partial charge in [-0.15, -0.1) is 0 Å². The molecular formula is C12H20N2O4S2. The molecular weight excluding hydrogens is 300 g/mol. The van der Waals surface area contributed by atoms with Crippen LogP contribution in [0, 0.1) is 0 Å². The minimum atomic E-state index is -3.43. The number of hydrogen-bond donors (Lipinski definition) is 2. The monoisotopic (exact) mass is 320 g/mol. The van der Waals surface area contributed by atoms with E-state index in [0.717, 1.165) is 5.69 Å². The van der Waals surface area contributed by atoms with Crippen molar-refractivity contribution in [3.8, 4) is 0 Å². The Morgan fingerprint density at radius 1 is 1.05 bits per heavy atom. The number of sulfone groups is 1. The zero-order valence-corrected chi connectivity index (χ0v) is 13.2. The van der Waals surface area contributed by atoms with Gasteiger partial charge in [-0.1, -0.05) is 6.92 Å². The summed E-state index contributed by atoms with van der Waals surface area (Å²) < 4.78 is 47.8. The summed E-state index contributed by atoms with van der Waals surface area (Å²) in [5.41, 5.74) is 0.758. The zero-order valence-electron chi connectivity index (χ0n) is 11.6. The standard InChI is InChI=1S/C12H20N2O4S2/c1-3-14-20(17,18)12-7-5-11(6-8-12)13-9-4-10-19(2,15)16/h5-8,13-14H,3-4,9-10H2,1-2H3. The quantitative estimate of drug-likeness (QED) is 0.692. The van der Waals surface area contributed by atoms with Gasteiger partial charge in [-0.2, -0.15) is 0 Å². The third kappa shape index (κ3) is 5.89. The van der Waals surface area contributed by atoms with Crippen LogP contribution in [0.2, 0.25) is 0 Å². The van der Waals surface area contributed by atoms with Crippen LogP contribution in [-0.2, 0) is 19.9 Å². The van der Waals surface area contributed by atoms with Crippen LogP contribution in [0.15, 0.2) is 29.2 Å². The van der Waals surface area contributed by atoms with Crippen LogP contribution in [0.3, 0.4) is 0 Å². The molecule has 8 heteroatoms. The van der Waals surface area contributed by atoms with Gasteiger partial charge in [0.05, 0.1) is 10.6 Å². The second-order valence-corrected chi connectivity index (χ2v) is 8.46. The van der Waals surface area contributed by atoms with Gasteiger partial charge in [0.25, 0.3) is 0 Å². The van der Waals surface area contributed by atoms with Crippen LogP contribution >= 0.6 is 0 Å². The molecule has 1 aromatic carbocycles. The number of rotatable bonds is 8. The maximum atomic E-state index is 11.7. The molecule has 0 aliphatic heterocycles. The largest absolute Gasteiger partial charge is 0.385 e. The number of nitrogens with one attached hydrogen (secondary N) is 2. The Labute approximate surface area is 120 Å². The van der Waals surface area contributed by atoms with Gasteiger partial charge in [-0.05, 0) is 30.7 Å². The third-order valence-corrected chi connectivity index (χ3v) is 5.11. The van der Waals surface area contributed by atoms with E-state index in [1.165, 1.54) is 18.4 Å². The molecule has 0 aliphatic carbocycles. The fourth-order valence-electron chi connectivity index (χ4n) is 1.59. The van der Waals surface area contributed by atoms with E-state index in [0.29, 0.717) is 19.5 Å². The highest BCUT2D eigenvalue weighted by Crippen LogP contribution is 2.13. The van der Waals surface area contributed by atoms with Gasteiger partial charge >= 0.3 is 0 Å². The predicted molar refractivity (Wildman–Crippen MR) is 80.1 cm³/mol. The molecule has 0 bridgehead atoms. The first-order valence-corrected chi connectivity index (χ1v) is 9.80. The van der Waals surface area contributed by atoms with Crippen LogP contribution in [0.5, 0.6) is 0 Å². The zero-order chi connectivity index (χ0) is 15.2. The van der Waals surface area contributed by atoms with Crippen molar-refractivity contribution in [2.24, 2.45) is 0 Å². The second-order valence-electron chi connectivity index (χ2n) is 4.44. The maximum Gasteiger partial charge on any atom is 0.240 e. The van der Waals surface area contributed by atoms with Gasteiger partial charge in [-0.3, -0.25) is 0 Å². The Morgan fingerprint density at radius 3 is 2.15 bits per heavy atom. The van der Waals surface area contributed by atoms with Crippen LogP contribution in [0.25, 0.3) is 0 Å². The lowest BCUT2D eigenvalue weighted by molar-refractivity contribution is 0.583. The maximum absolute atomic E-state index is 11.7. The van der Waals surface area contributed by atoms with Gasteiger partial charge < -0.3 is 5.32 Å². The van der Waals surface area contributed by atoms with E-state index in [1.807, 2.05) is 0 Å². The molecule has 0 radical (unpaired) electrons. The van der Waals surface area contributed by atoms with Gasteiger partial charge in [-0.25, -0.2) is 21.6 Å². The van der Waals surface area contributed by atoms with Crippen molar-refractivity contribution in [3.63, 3.8) is 0 Å². The SMILES string of the molecule is CCNS(=O)(=O)c1ccc(NCCCS(C)(=O)=O)cc1. The second kappa shape index (κ2) is 7.05. The van der Waals surface area contributed by atoms with Crippen molar-refractivity contribution in [2.75, 3.05) is 30.4 Å². The molecule has 0 saturated carbocycles. The Hall–Kier alpha value is -1.12. The van der Waals surface area contributed by atoms with Gasteiger partial charge in [0.1, 0.15) is 9.84 Å². The predicted octanol–water partition coefficient (Wildman–Crippen LogP) is 0.831. The van der Waals surface area contributed by atoms with Gasteiger partial charge in [0, 0.05) is 25.0 Å². The molecule has 0 heterocycles. The minimum Gasteiger partial charge on any atom is -0.385 e. The van der Waals surface area contributed by atoms with Crippen LogP contribution in [-0.4, -0.2) is 41.9 Å². The van der Waals surface area contributed by atoms with Crippen molar-refractivity contribution in [3.05, 3.63) is 24.3 Å². The molecule has 0 spiro atoms. The summed E-state index contributed by atoms with van der Waals surface area (Å²) in [6.45, 7) is 2.58. The molecule has 0 fully saturated rings. The first-order chi connectivity index (χ1) is 9.24. The lowest BCUT2D eigenvalue weighted by Crippen LogP contribution is -2.23. The van der Waals surface area contributed by atoms with E-state index in [4.69, 9.17) is 0 Å². The van der Waals surface area contributed by atoms with Gasteiger partial charge in [0.2, 0.25) is 10.0 Å². The summed E-state index contributed by atoms with van der Waals surface area (Å²) in [6.07, 6.45) is 1.71. The first-order valence-electron chi connectivity index (χ1n) is 6.26. The highest BCUT2D eigenvalue weighted by molar-refractivity contribution is 7.90. The van der Waals surface area contributed by atoms with Crippen LogP contribution < -0.4 is 10.0 Å². The molecule has 20 heavy (non-hydrogen) atoms. The molecule has 0 aliphatic rings. The van der Waals surface area contributed by atoms with Crippen LogP contribution in [0.4, 0.5) is 5.69 Å². The summed E-state index contributed by atoms with van der Waals surface area (Å²) in [5, 5.41) is 3.05. The van der Waals surface area contributed by atoms with Crippen molar-refractivity contribution < 1.29 is 16.8 Å². The summed E-state index contributed by atoms with van der Waals surface area (Å²) in [7, 11) is -6.37. The Morgan fingerprint density at radius 2 is 1.65 bits per heavy atom. The summed E-state index contributed by atoms with van der Waals surface area (Å²) in [4.78, 5) is 0.209. The van der Waals surface area contributed by atoms with Crippen LogP contribution in [0.1, 0.15) is 13.3 Å². The van der Waals surface area contributed by atoms with E-state index >= 15 is 0 Å². The fourth-order valence-corrected chi connectivity index (χ4v) is 3.30. The lowest BCUT2D eigenvalue weighted by Gasteiger charge is -2.08. The van der Waals surface area contributed by atoms with E-state index in [-0.39, 0.29) is 10.6 Å². The summed E-state index contributed by atoms with van der Waals surface area (Å²) in [5.74, 6) is 0.132. The van der Waals surface area contributed by atoms with Gasteiger partial charge in [0.15, 0.2) is 0 Å². The average molecular weight is 320 g/mol. The molecule has 1 rings (SSSR count). The Bertz CT molecular complexity index is 622. The topological polar surface area (TPSA) is 92.3 Å². The van der Waals surface area contributed by atoms with E-state index in [1.54, 1.807) is 19.1 Å². The van der Waals surface area contributed by atoms with E-state index in [2.05, 4.69) is 10.0 Å². The summed E-state index contributed by atoms with van der Waals surface area (Å²) >= 11 is 0. The van der Waals surface area contributed by atoms with Crippen molar-refractivity contribution in [1.82, 2.24) is 4.72 Å². The molecule has 0 aromatic heterocycles. The molecule has 0 atom stereocenters. The normalized spacial score (nSPS) is 12.3. The Kier molecular flexibility index (Phi) is 5.97. The number of sulfonamides is 1. The average Bonchev–Trinajstić information content (AvgIpc) is 2.34. The summed E-state index contributed by atoms with van der Waals surface area (Å²) in [6, 6.07) is 6.34. The van der Waals surface area contributed by atoms with Crippen molar-refractivity contribution in [2.45, 2.75) is 18.2 Å². The molecule has 0 saturated heterocycles. The molecule has 0 amide bonds. The highest BCUT2D eigenvalue weighted by Gasteiger charge is 2.11. The Balaban J connectivity index is 2.55. The first kappa shape index (κ1) is 16.9. The molecule has 1 aromatic rings. The molecule has 114 valence electrons. The van der Waals surface area contributed by atoms with Crippen molar-refractivity contribution in [1.29, 1.82) is 0 Å². The fraction of sp³-hybridized carbons (Fsp3) is 0.500. The highest BCUT2D eigenvalue weighted by atomic mass is 32.2. The lowest BCUT2D eigenvalue weighted by atomic mass is 10.3. The third-order valence-electron chi connectivity index (χ3n) is 2.52. The number of hydrogen-bond acceptors (Lipinski definition) is 5. The van der Waals surface area contributed by atoms with E-state index in [9.17, 15) is 16.8 Å². The van der Waals surface area contributed by atoms with E-state index < -0.39 is 19.9 Å². The number of anilines is 1. The molecule has 6 nitrogen and oxygen atoms in total. The number of benzene rings is 1. The molecule has 2 N–H and O–H groups in total. The molecule has 0 unspecified atom stereocenters. The van der Waals surface area contributed by atoms with Crippen molar-refractivity contribution >= 4 is 25.5 Å². The smallest absolute Gasteiger partial charge is 0.240 e. The minimum absolute atomic E-state index is 0.132.